The predicted molar refractivity (Wildman–Crippen MR) is 135 cm³/mol. The second-order valence-corrected chi connectivity index (χ2v) is 8.07. The molecule has 0 amide bonds. The second-order valence-electron chi connectivity index (χ2n) is 8.07. The third-order valence-corrected chi connectivity index (χ3v) is 5.89. The maximum Gasteiger partial charge on any atom is 0.355 e. The van der Waals surface area contributed by atoms with Gasteiger partial charge in [0.1, 0.15) is 23.0 Å². The summed E-state index contributed by atoms with van der Waals surface area (Å²) in [6, 6.07) is 19.6. The molecule has 1 atom stereocenters. The quantitative estimate of drug-likeness (QED) is 0.502. The van der Waals surface area contributed by atoms with Crippen molar-refractivity contribution < 1.29 is 23.8 Å². The highest BCUT2D eigenvalue weighted by Crippen LogP contribution is 2.44. The van der Waals surface area contributed by atoms with Crippen LogP contribution in [0.25, 0.3) is 0 Å². The van der Waals surface area contributed by atoms with Gasteiger partial charge in [0.25, 0.3) is 0 Å². The maximum atomic E-state index is 13.2. The summed E-state index contributed by atoms with van der Waals surface area (Å²) in [6.45, 7) is 1.79. The van der Waals surface area contributed by atoms with Gasteiger partial charge in [-0.2, -0.15) is 5.26 Å². The van der Waals surface area contributed by atoms with Crippen LogP contribution in [0.2, 0.25) is 0 Å². The van der Waals surface area contributed by atoms with Gasteiger partial charge in [-0.1, -0.05) is 30.3 Å². The molecule has 0 saturated heterocycles. The minimum atomic E-state index is -0.933. The number of aromatic nitrogens is 1. The molecule has 0 fully saturated rings. The van der Waals surface area contributed by atoms with Gasteiger partial charge in [0.15, 0.2) is 0 Å². The summed E-state index contributed by atoms with van der Waals surface area (Å²) in [4.78, 5) is 31.7. The standard InChI is InChI=1S/C28H24N4O5/c1-17-14-19(37-20-10-7-13-31-16-20)11-12-22(17)32-25(28(34)36-3)24(27(33)35-2)23(21(15-29)26(32)30)18-8-5-4-6-9-18/h4-14,16,23H,30H2,1-3H3. The lowest BCUT2D eigenvalue weighted by atomic mass is 9.80. The van der Waals surface area contributed by atoms with E-state index in [0.717, 1.165) is 0 Å². The summed E-state index contributed by atoms with van der Waals surface area (Å²) < 4.78 is 16.0. The van der Waals surface area contributed by atoms with E-state index in [4.69, 9.17) is 19.9 Å². The topological polar surface area (TPSA) is 128 Å². The van der Waals surface area contributed by atoms with E-state index in [1.807, 2.05) is 0 Å². The van der Waals surface area contributed by atoms with E-state index < -0.39 is 17.9 Å². The number of carbonyl (C=O) groups excluding carboxylic acids is 2. The molecule has 1 aliphatic heterocycles. The van der Waals surface area contributed by atoms with Gasteiger partial charge in [0.2, 0.25) is 0 Å². The van der Waals surface area contributed by atoms with Crippen molar-refractivity contribution in [2.75, 3.05) is 19.1 Å². The zero-order chi connectivity index (χ0) is 26.5. The van der Waals surface area contributed by atoms with Crippen LogP contribution in [-0.4, -0.2) is 31.1 Å². The molecule has 1 aliphatic rings. The number of esters is 2. The van der Waals surface area contributed by atoms with Crippen LogP contribution in [0.15, 0.2) is 95.7 Å². The van der Waals surface area contributed by atoms with Crippen LogP contribution in [0.1, 0.15) is 17.0 Å². The van der Waals surface area contributed by atoms with Crippen molar-refractivity contribution in [2.24, 2.45) is 5.73 Å². The predicted octanol–water partition coefficient (Wildman–Crippen LogP) is 4.08. The molecule has 0 radical (unpaired) electrons. The van der Waals surface area contributed by atoms with Crippen LogP contribution >= 0.6 is 0 Å². The lowest BCUT2D eigenvalue weighted by Crippen LogP contribution is -2.41. The zero-order valence-electron chi connectivity index (χ0n) is 20.5. The fourth-order valence-electron chi connectivity index (χ4n) is 4.25. The Morgan fingerprint density at radius 3 is 2.32 bits per heavy atom. The number of hydrogen-bond donors (Lipinski definition) is 1. The van der Waals surface area contributed by atoms with Crippen LogP contribution in [0.3, 0.4) is 0 Å². The first-order valence-electron chi connectivity index (χ1n) is 11.2. The Hall–Kier alpha value is -5.10. The Morgan fingerprint density at radius 1 is 1.00 bits per heavy atom. The minimum absolute atomic E-state index is 0.00608. The van der Waals surface area contributed by atoms with Gasteiger partial charge in [0, 0.05) is 6.20 Å². The minimum Gasteiger partial charge on any atom is -0.466 e. The number of allylic oxidation sites excluding steroid dienone is 1. The molecular formula is C28H24N4O5. The summed E-state index contributed by atoms with van der Waals surface area (Å²) >= 11 is 0. The molecule has 2 aromatic carbocycles. The summed E-state index contributed by atoms with van der Waals surface area (Å²) in [5.74, 6) is -1.46. The van der Waals surface area contributed by atoms with Crippen molar-refractivity contribution in [1.29, 1.82) is 5.26 Å². The highest BCUT2D eigenvalue weighted by molar-refractivity contribution is 6.06. The Labute approximate surface area is 214 Å². The van der Waals surface area contributed by atoms with Gasteiger partial charge in [0.05, 0.1) is 49.2 Å². The average molecular weight is 497 g/mol. The van der Waals surface area contributed by atoms with E-state index in [1.165, 1.54) is 19.1 Å². The molecule has 0 bridgehead atoms. The van der Waals surface area contributed by atoms with E-state index in [9.17, 15) is 14.9 Å². The number of pyridine rings is 1. The first kappa shape index (κ1) is 25.0. The number of benzene rings is 2. The van der Waals surface area contributed by atoms with E-state index in [2.05, 4.69) is 11.1 Å². The fourth-order valence-corrected chi connectivity index (χ4v) is 4.25. The van der Waals surface area contributed by atoms with Gasteiger partial charge in [-0.15, -0.1) is 0 Å². The maximum absolute atomic E-state index is 13.2. The van der Waals surface area contributed by atoms with Crippen molar-refractivity contribution in [3.63, 3.8) is 0 Å². The number of nitrogens with zero attached hydrogens (tertiary/aromatic N) is 3. The first-order valence-corrected chi connectivity index (χ1v) is 11.2. The highest BCUT2D eigenvalue weighted by Gasteiger charge is 2.43. The molecule has 1 unspecified atom stereocenters. The molecule has 2 heterocycles. The van der Waals surface area contributed by atoms with Crippen LogP contribution < -0.4 is 15.4 Å². The molecule has 9 nitrogen and oxygen atoms in total. The number of hydrogen-bond acceptors (Lipinski definition) is 9. The monoisotopic (exact) mass is 496 g/mol. The smallest absolute Gasteiger partial charge is 0.355 e. The van der Waals surface area contributed by atoms with Crippen molar-refractivity contribution in [3.8, 4) is 17.6 Å². The molecule has 0 saturated carbocycles. The molecule has 4 rings (SSSR count). The highest BCUT2D eigenvalue weighted by atomic mass is 16.5. The van der Waals surface area contributed by atoms with Gasteiger partial charge in [-0.3, -0.25) is 9.88 Å². The van der Waals surface area contributed by atoms with E-state index in [0.29, 0.717) is 28.3 Å². The summed E-state index contributed by atoms with van der Waals surface area (Å²) in [5.41, 5.74) is 8.17. The van der Waals surface area contributed by atoms with Gasteiger partial charge < -0.3 is 19.9 Å². The number of aryl methyl sites for hydroxylation is 1. The molecule has 37 heavy (non-hydrogen) atoms. The van der Waals surface area contributed by atoms with Gasteiger partial charge >= 0.3 is 11.9 Å². The largest absolute Gasteiger partial charge is 0.466 e. The van der Waals surface area contributed by atoms with Gasteiger partial charge in [-0.05, 0) is 48.4 Å². The van der Waals surface area contributed by atoms with Crippen molar-refractivity contribution in [1.82, 2.24) is 4.98 Å². The van der Waals surface area contributed by atoms with E-state index >= 15 is 0 Å². The third-order valence-electron chi connectivity index (χ3n) is 5.89. The average Bonchev–Trinajstić information content (AvgIpc) is 2.93. The number of rotatable bonds is 6. The Balaban J connectivity index is 1.93. The number of anilines is 1. The molecule has 0 spiro atoms. The molecular weight excluding hydrogens is 472 g/mol. The Morgan fingerprint density at radius 2 is 1.73 bits per heavy atom. The van der Waals surface area contributed by atoms with Gasteiger partial charge in [-0.25, -0.2) is 9.59 Å². The van der Waals surface area contributed by atoms with Crippen LogP contribution in [-0.2, 0) is 19.1 Å². The van der Waals surface area contributed by atoms with Crippen LogP contribution in [0.4, 0.5) is 5.69 Å². The fraction of sp³-hybridized carbons (Fsp3) is 0.143. The number of carbonyl (C=O) groups is 2. The SMILES string of the molecule is COC(=O)C1=C(C(=O)OC)N(c2ccc(Oc3cccnc3)cc2C)C(N)=C(C#N)C1c1ccccc1. The zero-order valence-corrected chi connectivity index (χ0v) is 20.5. The lowest BCUT2D eigenvalue weighted by molar-refractivity contribution is -0.139. The second kappa shape index (κ2) is 10.7. The summed E-state index contributed by atoms with van der Waals surface area (Å²) in [7, 11) is 2.41. The number of methoxy groups -OCH3 is 2. The molecule has 2 N–H and O–H groups in total. The van der Waals surface area contributed by atoms with E-state index in [1.54, 1.807) is 80.0 Å². The number of ether oxygens (including phenoxy) is 3. The van der Waals surface area contributed by atoms with Crippen molar-refractivity contribution in [2.45, 2.75) is 12.8 Å². The summed E-state index contributed by atoms with van der Waals surface area (Å²) in [6.07, 6.45) is 3.22. The Kier molecular flexibility index (Phi) is 7.21. The van der Waals surface area contributed by atoms with Crippen LogP contribution in [0, 0.1) is 18.3 Å². The lowest BCUT2D eigenvalue weighted by Gasteiger charge is -2.36. The molecule has 9 heteroatoms. The molecule has 1 aromatic heterocycles. The van der Waals surface area contributed by atoms with Crippen molar-refractivity contribution >= 4 is 17.6 Å². The van der Waals surface area contributed by atoms with Crippen molar-refractivity contribution in [3.05, 3.63) is 107 Å². The third kappa shape index (κ3) is 4.73. The molecule has 3 aromatic rings. The molecule has 0 aliphatic carbocycles. The number of nitriles is 1. The first-order chi connectivity index (χ1) is 17.9. The Bertz CT molecular complexity index is 1440. The van der Waals surface area contributed by atoms with Crippen LogP contribution in [0.5, 0.6) is 11.5 Å². The number of nitrogens with two attached hydrogens (primary N) is 1. The molecule has 186 valence electrons. The normalized spacial score (nSPS) is 15.2. The summed E-state index contributed by atoms with van der Waals surface area (Å²) in [5, 5.41) is 10.2. The van der Waals surface area contributed by atoms with E-state index in [-0.39, 0.29) is 22.7 Å².